The quantitative estimate of drug-likeness (QED) is 0.0883. The second kappa shape index (κ2) is 13.2. The molecule has 0 unspecified atom stereocenters. The van der Waals surface area contributed by atoms with E-state index in [2.05, 4.69) is 7.11 Å². The monoisotopic (exact) mass is 715 g/mol. The minimum Gasteiger partial charge on any atom is -0.660 e. The number of unbranched alkanes of at least 4 members (excludes halogenated alkanes) is 1. The van der Waals surface area contributed by atoms with Crippen LogP contribution in [-0.2, 0) is 24.6 Å². The molecule has 0 saturated carbocycles. The number of ether oxygens (including phenoxy) is 5. The Morgan fingerprint density at radius 2 is 1.42 bits per heavy atom. The number of hydrogen-bond donors (Lipinski definition) is 0. The number of nitro benzene ring substituents is 1. The van der Waals surface area contributed by atoms with Gasteiger partial charge in [-0.2, -0.15) is 7.11 Å². The molecule has 0 aliphatic heterocycles. The summed E-state index contributed by atoms with van der Waals surface area (Å²) in [6, 6.07) is 0.626. The minimum atomic E-state index is -2.63. The first kappa shape index (κ1) is 27.9. The maximum Gasteiger partial charge on any atom is 0.500 e. The van der Waals surface area contributed by atoms with Crippen LogP contribution in [0.25, 0.3) is 0 Å². The molecular weight excluding hydrogens is 685 g/mol. The van der Waals surface area contributed by atoms with Gasteiger partial charge in [0.2, 0.25) is 11.5 Å². The third-order valence-electron chi connectivity index (χ3n) is 4.53. The normalized spacial score (nSPS) is 10.9. The first-order chi connectivity index (χ1) is 14.4. The SMILES string of the molecule is [CH2-]Oc1c(OC)c(OC)c(COCCCC[Si](OC)(OC)OC)c([N+](=O)[O-])c1OC.[Rf]. The summed E-state index contributed by atoms with van der Waals surface area (Å²) >= 11 is 0. The summed E-state index contributed by atoms with van der Waals surface area (Å²) in [7, 11) is 9.40. The standard InChI is InChI=1S/C18H30NO10Si.Rf/c1-22-15-13(12-29-10-8-9-11-30(26-5,27-6)28-7)14(19(20)21)16(23-2)18(25-4)17(15)24-3;/h4,8-12H2,1-3,5-7H3;/q-1;. The van der Waals surface area contributed by atoms with Gasteiger partial charge >= 0.3 is 14.5 Å². The van der Waals surface area contributed by atoms with Gasteiger partial charge in [-0.1, -0.05) is 0 Å². The summed E-state index contributed by atoms with van der Waals surface area (Å²) in [6.45, 7) is 0.255. The molecule has 11 nitrogen and oxygen atoms in total. The van der Waals surface area contributed by atoms with Crippen LogP contribution in [0.4, 0.5) is 5.69 Å². The van der Waals surface area contributed by atoms with Gasteiger partial charge in [0.1, 0.15) is 5.56 Å². The van der Waals surface area contributed by atoms with Crippen LogP contribution in [-0.4, -0.2) is 63.0 Å². The summed E-state index contributed by atoms with van der Waals surface area (Å²) in [5, 5.41) is 11.7. The summed E-state index contributed by atoms with van der Waals surface area (Å²) in [5.41, 5.74) is -0.162. The van der Waals surface area contributed by atoms with E-state index in [1.54, 1.807) is 21.3 Å². The van der Waals surface area contributed by atoms with E-state index in [1.165, 1.54) is 21.3 Å². The molecule has 0 aromatic heterocycles. The van der Waals surface area contributed by atoms with Crippen molar-refractivity contribution in [1.82, 2.24) is 0 Å². The molecule has 1 aromatic rings. The van der Waals surface area contributed by atoms with E-state index in [0.29, 0.717) is 19.1 Å². The Bertz CT molecular complexity index is 694. The van der Waals surface area contributed by atoms with Crippen LogP contribution < -0.4 is 18.9 Å². The van der Waals surface area contributed by atoms with Crippen LogP contribution in [0.15, 0.2) is 0 Å². The molecule has 0 amide bonds. The van der Waals surface area contributed by atoms with Crippen LogP contribution in [0, 0.1) is 17.2 Å². The van der Waals surface area contributed by atoms with Gasteiger partial charge in [0.25, 0.3) is 0 Å². The van der Waals surface area contributed by atoms with Gasteiger partial charge in [-0.05, 0) is 12.8 Å². The van der Waals surface area contributed by atoms with E-state index < -0.39 is 13.7 Å². The topological polar surface area (TPSA) is 117 Å². The van der Waals surface area contributed by atoms with E-state index in [-0.39, 0.29) is 40.9 Å². The van der Waals surface area contributed by atoms with Crippen molar-refractivity contribution < 1.29 is 41.9 Å². The molecule has 0 atom stereocenters. The Balaban J connectivity index is 0.00000900. The van der Waals surface area contributed by atoms with Crippen molar-refractivity contribution in [2.45, 2.75) is 25.5 Å². The third kappa shape index (κ3) is 6.18. The zero-order chi connectivity index (χ0) is 22.7. The second-order valence-electron chi connectivity index (χ2n) is 5.96. The van der Waals surface area contributed by atoms with Crippen LogP contribution >= 0.6 is 0 Å². The molecule has 0 aliphatic carbocycles. The van der Waals surface area contributed by atoms with Crippen LogP contribution in [0.5, 0.6) is 23.0 Å². The summed E-state index contributed by atoms with van der Waals surface area (Å²) in [5.74, 6) is 0.0902. The molecule has 0 saturated heterocycles. The Kier molecular flexibility index (Phi) is 11.9. The van der Waals surface area contributed by atoms with Gasteiger partial charge in [-0.3, -0.25) is 10.1 Å². The predicted octanol–water partition coefficient (Wildman–Crippen LogP) is 2.97. The van der Waals surface area contributed by atoms with E-state index in [9.17, 15) is 10.1 Å². The Morgan fingerprint density at radius 1 is 0.871 bits per heavy atom. The van der Waals surface area contributed by atoms with Gasteiger partial charge in [0.15, 0.2) is 11.5 Å². The maximum absolute atomic E-state index is 11.7. The maximum atomic E-state index is 11.7. The Labute approximate surface area is 177 Å². The van der Waals surface area contributed by atoms with Crippen LogP contribution in [0.3, 0.4) is 0 Å². The molecule has 0 heterocycles. The van der Waals surface area contributed by atoms with Gasteiger partial charge in [-0.25, -0.2) is 0 Å². The number of nitrogens with zero attached hydrogens (tertiary/aromatic N) is 1. The Hall–Kier alpha value is -3.12. The van der Waals surface area contributed by atoms with Crippen molar-refractivity contribution in [3.63, 3.8) is 0 Å². The molecule has 0 aliphatic rings. The molecule has 1 rings (SSSR count). The average molecular weight is 716 g/mol. The first-order valence-corrected chi connectivity index (χ1v) is 11.0. The summed E-state index contributed by atoms with van der Waals surface area (Å²) in [4.78, 5) is 11.2. The third-order valence-corrected chi connectivity index (χ3v) is 7.37. The van der Waals surface area contributed by atoms with Crippen molar-refractivity contribution in [1.29, 1.82) is 0 Å². The fourth-order valence-corrected chi connectivity index (χ4v) is 4.82. The van der Waals surface area contributed by atoms with E-state index >= 15 is 0 Å². The molecule has 0 N–H and O–H groups in total. The second-order valence-corrected chi connectivity index (χ2v) is 9.05. The molecule has 0 bridgehead atoms. The van der Waals surface area contributed by atoms with E-state index in [1.807, 2.05) is 0 Å². The summed E-state index contributed by atoms with van der Waals surface area (Å²) < 4.78 is 42.7. The largest absolute Gasteiger partial charge is 0.660 e. The Morgan fingerprint density at radius 3 is 1.84 bits per heavy atom. The molecule has 13 heteroatoms. The fourth-order valence-electron chi connectivity index (χ4n) is 3.02. The fraction of sp³-hybridized carbons (Fsp3) is 0.611. The van der Waals surface area contributed by atoms with Crippen molar-refractivity contribution in [3.05, 3.63) is 22.8 Å². The zero-order valence-corrected chi connectivity index (χ0v) is 26.4. The number of methoxy groups -OCH3 is 3. The molecule has 31 heavy (non-hydrogen) atoms. The number of benzene rings is 1. The van der Waals surface area contributed by atoms with E-state index in [4.69, 9.17) is 37.0 Å². The van der Waals surface area contributed by atoms with Gasteiger partial charge in [-0.15, -0.1) is 0 Å². The van der Waals surface area contributed by atoms with Crippen molar-refractivity contribution in [2.24, 2.45) is 0 Å². The van der Waals surface area contributed by atoms with Crippen LogP contribution in [0.1, 0.15) is 18.4 Å². The van der Waals surface area contributed by atoms with E-state index in [0.717, 1.165) is 6.42 Å². The number of rotatable bonds is 15. The number of nitro groups is 1. The summed E-state index contributed by atoms with van der Waals surface area (Å²) in [6.07, 6.45) is 1.41. The van der Waals surface area contributed by atoms with Gasteiger partial charge in [0.05, 0.1) is 32.9 Å². The molecule has 1 aromatic carbocycles. The molecular formula is C18H30NO10RfSi-. The molecule has 0 fully saturated rings. The molecule has 0 spiro atoms. The number of hydrogen-bond acceptors (Lipinski definition) is 10. The van der Waals surface area contributed by atoms with Crippen molar-refractivity contribution in [2.75, 3.05) is 49.3 Å². The zero-order valence-electron chi connectivity index (χ0n) is 19.0. The van der Waals surface area contributed by atoms with Gasteiger partial charge in [0, 0.05) is 34.0 Å². The average Bonchev–Trinajstić information content (AvgIpc) is 2.77. The minimum absolute atomic E-state index is 0. The predicted molar refractivity (Wildman–Crippen MR) is 109 cm³/mol. The first-order valence-electron chi connectivity index (χ1n) is 9.04. The smallest absolute Gasteiger partial charge is 0.500 e. The van der Waals surface area contributed by atoms with Gasteiger partial charge < -0.3 is 37.0 Å². The van der Waals surface area contributed by atoms with Crippen molar-refractivity contribution >= 4 is 14.5 Å². The molecule has 0 radical (unpaired) electrons. The van der Waals surface area contributed by atoms with Crippen molar-refractivity contribution in [3.8, 4) is 23.0 Å². The van der Waals surface area contributed by atoms with Crippen LogP contribution in [0.2, 0.25) is 6.04 Å². The molecule has 174 valence electrons.